The lowest BCUT2D eigenvalue weighted by molar-refractivity contribution is 0.115. The fourth-order valence-corrected chi connectivity index (χ4v) is 1.50. The van der Waals surface area contributed by atoms with Crippen LogP contribution in [-0.4, -0.2) is 29.4 Å². The second-order valence-electron chi connectivity index (χ2n) is 3.40. The standard InChI is InChI=1S/C9H15F2N3O/c1-5-6(4-7(12)8(10)11)9(15-3)14(2)13-5/h7-8H,4,12H2,1-3H3. The summed E-state index contributed by atoms with van der Waals surface area (Å²) in [5.41, 5.74) is 6.63. The number of hydrogen-bond acceptors (Lipinski definition) is 3. The van der Waals surface area contributed by atoms with E-state index in [0.29, 0.717) is 17.1 Å². The molecule has 0 radical (unpaired) electrons. The summed E-state index contributed by atoms with van der Waals surface area (Å²) in [5.74, 6) is 0.489. The molecule has 0 aliphatic rings. The normalized spacial score (nSPS) is 13.3. The molecule has 2 N–H and O–H groups in total. The highest BCUT2D eigenvalue weighted by Gasteiger charge is 2.21. The van der Waals surface area contributed by atoms with Crippen LogP contribution in [0, 0.1) is 6.92 Å². The number of nitrogens with two attached hydrogens (primary N) is 1. The largest absolute Gasteiger partial charge is 0.481 e. The molecule has 6 heteroatoms. The molecule has 1 heterocycles. The highest BCUT2D eigenvalue weighted by molar-refractivity contribution is 5.31. The number of rotatable bonds is 4. The minimum atomic E-state index is -2.53. The smallest absolute Gasteiger partial charge is 0.253 e. The van der Waals surface area contributed by atoms with Crippen molar-refractivity contribution in [3.8, 4) is 5.88 Å². The predicted octanol–water partition coefficient (Wildman–Crippen LogP) is 0.872. The predicted molar refractivity (Wildman–Crippen MR) is 52.2 cm³/mol. The van der Waals surface area contributed by atoms with Gasteiger partial charge in [0, 0.05) is 19.0 Å². The van der Waals surface area contributed by atoms with Gasteiger partial charge in [-0.25, -0.2) is 13.5 Å². The van der Waals surface area contributed by atoms with Crippen LogP contribution in [0.25, 0.3) is 0 Å². The molecule has 0 spiro atoms. The van der Waals surface area contributed by atoms with Gasteiger partial charge in [0.1, 0.15) is 0 Å². The van der Waals surface area contributed by atoms with Crippen LogP contribution in [0.2, 0.25) is 0 Å². The van der Waals surface area contributed by atoms with Crippen LogP contribution in [0.3, 0.4) is 0 Å². The Hall–Kier alpha value is -1.17. The van der Waals surface area contributed by atoms with Gasteiger partial charge in [0.05, 0.1) is 18.8 Å². The van der Waals surface area contributed by atoms with Crippen molar-refractivity contribution in [1.82, 2.24) is 9.78 Å². The SMILES string of the molecule is COc1c(CC(N)C(F)F)c(C)nn1C. The molecule has 0 saturated carbocycles. The molecule has 0 fully saturated rings. The summed E-state index contributed by atoms with van der Waals surface area (Å²) >= 11 is 0. The number of halogens is 2. The average Bonchev–Trinajstić information content (AvgIpc) is 2.41. The molecular weight excluding hydrogens is 204 g/mol. The molecule has 0 saturated heterocycles. The van der Waals surface area contributed by atoms with Gasteiger partial charge in [-0.1, -0.05) is 0 Å². The van der Waals surface area contributed by atoms with E-state index in [9.17, 15) is 8.78 Å². The van der Waals surface area contributed by atoms with Gasteiger partial charge in [0.25, 0.3) is 6.43 Å². The van der Waals surface area contributed by atoms with E-state index in [1.165, 1.54) is 11.8 Å². The number of nitrogens with zero attached hydrogens (tertiary/aromatic N) is 2. The summed E-state index contributed by atoms with van der Waals surface area (Å²) in [4.78, 5) is 0. The first-order valence-corrected chi connectivity index (χ1v) is 4.57. The number of hydrogen-bond donors (Lipinski definition) is 1. The third kappa shape index (κ3) is 2.44. The minimum Gasteiger partial charge on any atom is -0.481 e. The lowest BCUT2D eigenvalue weighted by Crippen LogP contribution is -2.31. The Bertz CT molecular complexity index is 338. The van der Waals surface area contributed by atoms with Gasteiger partial charge < -0.3 is 10.5 Å². The third-order valence-electron chi connectivity index (χ3n) is 2.25. The molecule has 86 valence electrons. The van der Waals surface area contributed by atoms with E-state index < -0.39 is 12.5 Å². The zero-order valence-corrected chi connectivity index (χ0v) is 9.00. The van der Waals surface area contributed by atoms with Crippen LogP contribution < -0.4 is 10.5 Å². The van der Waals surface area contributed by atoms with Crippen molar-refractivity contribution in [2.75, 3.05) is 7.11 Å². The lowest BCUT2D eigenvalue weighted by Gasteiger charge is -2.10. The first-order valence-electron chi connectivity index (χ1n) is 4.57. The van der Waals surface area contributed by atoms with Crippen LogP contribution in [-0.2, 0) is 13.5 Å². The molecule has 1 aromatic heterocycles. The number of aryl methyl sites for hydroxylation is 2. The van der Waals surface area contributed by atoms with Gasteiger partial charge in [0.15, 0.2) is 0 Å². The first-order chi connectivity index (χ1) is 6.97. The molecule has 1 rings (SSSR count). The van der Waals surface area contributed by atoms with E-state index in [-0.39, 0.29) is 6.42 Å². The van der Waals surface area contributed by atoms with E-state index >= 15 is 0 Å². The Morgan fingerprint density at radius 1 is 1.53 bits per heavy atom. The van der Waals surface area contributed by atoms with Crippen LogP contribution in [0.15, 0.2) is 0 Å². The van der Waals surface area contributed by atoms with Crippen molar-refractivity contribution in [2.45, 2.75) is 25.8 Å². The second-order valence-corrected chi connectivity index (χ2v) is 3.40. The van der Waals surface area contributed by atoms with Crippen molar-refractivity contribution in [3.63, 3.8) is 0 Å². The maximum Gasteiger partial charge on any atom is 0.253 e. The second kappa shape index (κ2) is 4.57. The molecule has 0 aliphatic heterocycles. The lowest BCUT2D eigenvalue weighted by atomic mass is 10.1. The number of methoxy groups -OCH3 is 1. The Morgan fingerprint density at radius 3 is 2.60 bits per heavy atom. The van der Waals surface area contributed by atoms with Crippen molar-refractivity contribution in [2.24, 2.45) is 12.8 Å². The molecule has 0 aliphatic carbocycles. The van der Waals surface area contributed by atoms with Crippen molar-refractivity contribution >= 4 is 0 Å². The van der Waals surface area contributed by atoms with E-state index in [1.54, 1.807) is 14.0 Å². The monoisotopic (exact) mass is 219 g/mol. The summed E-state index contributed by atoms with van der Waals surface area (Å²) in [5, 5.41) is 4.09. The first kappa shape index (κ1) is 11.9. The molecular formula is C9H15F2N3O. The van der Waals surface area contributed by atoms with Crippen molar-refractivity contribution in [3.05, 3.63) is 11.3 Å². The summed E-state index contributed by atoms with van der Waals surface area (Å²) in [6.07, 6.45) is -2.46. The molecule has 4 nitrogen and oxygen atoms in total. The number of ether oxygens (including phenoxy) is 1. The van der Waals surface area contributed by atoms with Gasteiger partial charge in [-0.3, -0.25) is 0 Å². The molecule has 0 amide bonds. The van der Waals surface area contributed by atoms with E-state index in [4.69, 9.17) is 10.5 Å². The molecule has 1 unspecified atom stereocenters. The van der Waals surface area contributed by atoms with Crippen LogP contribution in [0.1, 0.15) is 11.3 Å². The van der Waals surface area contributed by atoms with E-state index in [2.05, 4.69) is 5.10 Å². The van der Waals surface area contributed by atoms with Crippen LogP contribution in [0.5, 0.6) is 5.88 Å². The van der Waals surface area contributed by atoms with Crippen LogP contribution >= 0.6 is 0 Å². The fraction of sp³-hybridized carbons (Fsp3) is 0.667. The quantitative estimate of drug-likeness (QED) is 0.817. The number of alkyl halides is 2. The Labute approximate surface area is 87.0 Å². The van der Waals surface area contributed by atoms with Crippen LogP contribution in [0.4, 0.5) is 8.78 Å². The maximum absolute atomic E-state index is 12.3. The van der Waals surface area contributed by atoms with Gasteiger partial charge in [-0.05, 0) is 6.92 Å². The molecule has 0 aromatic carbocycles. The summed E-state index contributed by atoms with van der Waals surface area (Å²) in [6.45, 7) is 1.75. The third-order valence-corrected chi connectivity index (χ3v) is 2.25. The van der Waals surface area contributed by atoms with Gasteiger partial charge >= 0.3 is 0 Å². The van der Waals surface area contributed by atoms with Gasteiger partial charge in [0.2, 0.25) is 5.88 Å². The Kier molecular flexibility index (Phi) is 3.62. The summed E-state index contributed by atoms with van der Waals surface area (Å²) < 4.78 is 31.2. The molecule has 15 heavy (non-hydrogen) atoms. The highest BCUT2D eigenvalue weighted by atomic mass is 19.3. The zero-order chi connectivity index (χ0) is 11.6. The topological polar surface area (TPSA) is 53.1 Å². The highest BCUT2D eigenvalue weighted by Crippen LogP contribution is 2.23. The fourth-order valence-electron chi connectivity index (χ4n) is 1.50. The molecule has 1 atom stereocenters. The Balaban J connectivity index is 2.93. The average molecular weight is 219 g/mol. The van der Waals surface area contributed by atoms with Crippen molar-refractivity contribution in [1.29, 1.82) is 0 Å². The summed E-state index contributed by atoms with van der Waals surface area (Å²) in [6, 6.07) is -1.18. The number of aromatic nitrogens is 2. The maximum atomic E-state index is 12.3. The Morgan fingerprint density at radius 2 is 2.13 bits per heavy atom. The molecule has 0 bridgehead atoms. The van der Waals surface area contributed by atoms with Gasteiger partial charge in [-0.2, -0.15) is 5.10 Å². The zero-order valence-electron chi connectivity index (χ0n) is 9.00. The molecule has 1 aromatic rings. The summed E-state index contributed by atoms with van der Waals surface area (Å²) in [7, 11) is 3.18. The van der Waals surface area contributed by atoms with E-state index in [0.717, 1.165) is 0 Å². The van der Waals surface area contributed by atoms with E-state index in [1.807, 2.05) is 0 Å². The van der Waals surface area contributed by atoms with Gasteiger partial charge in [-0.15, -0.1) is 0 Å². The van der Waals surface area contributed by atoms with Crippen molar-refractivity contribution < 1.29 is 13.5 Å². The minimum absolute atomic E-state index is 0.0700.